The molecule has 20 heavy (non-hydrogen) atoms. The van der Waals surface area contributed by atoms with Crippen LogP contribution in [0.2, 0.25) is 0 Å². The molecular formula is C13H18N4O2S. The summed E-state index contributed by atoms with van der Waals surface area (Å²) in [5.41, 5.74) is 8.28. The zero-order chi connectivity index (χ0) is 14.9. The molecule has 4 N–H and O–H groups in total. The van der Waals surface area contributed by atoms with Crippen molar-refractivity contribution in [1.82, 2.24) is 10.2 Å². The lowest BCUT2D eigenvalue weighted by atomic mass is 10.1. The van der Waals surface area contributed by atoms with Crippen molar-refractivity contribution in [2.75, 3.05) is 10.5 Å². The van der Waals surface area contributed by atoms with Gasteiger partial charge in [-0.3, -0.25) is 9.82 Å². The minimum atomic E-state index is -3.70. The molecule has 0 bridgehead atoms. The van der Waals surface area contributed by atoms with Gasteiger partial charge in [0.05, 0.1) is 11.1 Å². The minimum absolute atomic E-state index is 0.217. The standard InChI is InChI=1S/C13H18N4O2S/c1-4-10-7-15-16-13(10)17-20(18,19)12-8(2)5-6-11(14)9(12)3/h5-7H,4,14H2,1-3H3,(H2,15,16,17). The van der Waals surface area contributed by atoms with E-state index < -0.39 is 10.0 Å². The fourth-order valence-corrected chi connectivity index (χ4v) is 3.67. The van der Waals surface area contributed by atoms with Crippen LogP contribution in [0.25, 0.3) is 0 Å². The summed E-state index contributed by atoms with van der Waals surface area (Å²) in [6.45, 7) is 5.37. The number of nitrogens with zero attached hydrogens (tertiary/aromatic N) is 1. The molecule has 108 valence electrons. The summed E-state index contributed by atoms with van der Waals surface area (Å²) < 4.78 is 27.6. The smallest absolute Gasteiger partial charge is 0.263 e. The molecule has 0 spiro atoms. The lowest BCUT2D eigenvalue weighted by Gasteiger charge is -2.14. The predicted octanol–water partition coefficient (Wildman–Crippen LogP) is 1.97. The first-order valence-electron chi connectivity index (χ1n) is 6.27. The Balaban J connectivity index is 2.49. The van der Waals surface area contributed by atoms with E-state index in [-0.39, 0.29) is 4.90 Å². The number of aromatic amines is 1. The fourth-order valence-electron chi connectivity index (χ4n) is 2.11. The number of aryl methyl sites for hydroxylation is 2. The lowest BCUT2D eigenvalue weighted by molar-refractivity contribution is 0.600. The number of sulfonamides is 1. The molecule has 0 aliphatic rings. The Hall–Kier alpha value is -2.02. The lowest BCUT2D eigenvalue weighted by Crippen LogP contribution is -2.17. The number of nitrogens with one attached hydrogen (secondary N) is 2. The average Bonchev–Trinajstić information content (AvgIpc) is 2.80. The van der Waals surface area contributed by atoms with Gasteiger partial charge in [-0.15, -0.1) is 0 Å². The van der Waals surface area contributed by atoms with Gasteiger partial charge in [0.25, 0.3) is 10.0 Å². The van der Waals surface area contributed by atoms with Crippen LogP contribution in [-0.4, -0.2) is 18.6 Å². The molecular weight excluding hydrogens is 276 g/mol. The second-order valence-electron chi connectivity index (χ2n) is 4.66. The van der Waals surface area contributed by atoms with E-state index in [0.717, 1.165) is 5.56 Å². The third kappa shape index (κ3) is 2.49. The predicted molar refractivity (Wildman–Crippen MR) is 79.1 cm³/mol. The van der Waals surface area contributed by atoms with E-state index in [2.05, 4.69) is 14.9 Å². The van der Waals surface area contributed by atoms with Crippen molar-refractivity contribution in [3.05, 3.63) is 35.0 Å². The molecule has 1 aromatic heterocycles. The third-order valence-electron chi connectivity index (χ3n) is 3.25. The second-order valence-corrected chi connectivity index (χ2v) is 6.27. The van der Waals surface area contributed by atoms with Gasteiger partial charge in [-0.1, -0.05) is 13.0 Å². The maximum Gasteiger partial charge on any atom is 0.263 e. The number of hydrogen-bond donors (Lipinski definition) is 3. The van der Waals surface area contributed by atoms with Crippen LogP contribution in [-0.2, 0) is 16.4 Å². The number of anilines is 2. The first-order chi connectivity index (χ1) is 9.36. The van der Waals surface area contributed by atoms with Gasteiger partial charge >= 0.3 is 0 Å². The molecule has 0 saturated carbocycles. The number of nitrogens with two attached hydrogens (primary N) is 1. The Morgan fingerprint density at radius 2 is 2.05 bits per heavy atom. The number of aromatic nitrogens is 2. The zero-order valence-corrected chi connectivity index (χ0v) is 12.5. The van der Waals surface area contributed by atoms with Crippen LogP contribution < -0.4 is 10.5 Å². The monoisotopic (exact) mass is 294 g/mol. The summed E-state index contributed by atoms with van der Waals surface area (Å²) in [7, 11) is -3.70. The number of H-pyrrole nitrogens is 1. The van der Waals surface area contributed by atoms with Gasteiger partial charge in [-0.25, -0.2) is 8.42 Å². The van der Waals surface area contributed by atoms with Crippen molar-refractivity contribution in [2.45, 2.75) is 32.1 Å². The van der Waals surface area contributed by atoms with Crippen molar-refractivity contribution in [2.24, 2.45) is 0 Å². The molecule has 2 aromatic rings. The van der Waals surface area contributed by atoms with Crippen LogP contribution in [0.1, 0.15) is 23.6 Å². The fraction of sp³-hybridized carbons (Fsp3) is 0.308. The van der Waals surface area contributed by atoms with Gasteiger partial charge in [0.15, 0.2) is 0 Å². The molecule has 0 unspecified atom stereocenters. The Labute approximate surface area is 118 Å². The van der Waals surface area contributed by atoms with Crippen LogP contribution in [0.3, 0.4) is 0 Å². The number of benzene rings is 1. The molecule has 0 fully saturated rings. The van der Waals surface area contributed by atoms with Crippen LogP contribution in [0.15, 0.2) is 23.2 Å². The molecule has 0 atom stereocenters. The van der Waals surface area contributed by atoms with Crippen molar-refractivity contribution in [3.8, 4) is 0 Å². The Kier molecular flexibility index (Phi) is 3.71. The summed E-state index contributed by atoms with van der Waals surface area (Å²) in [6, 6.07) is 3.40. The largest absolute Gasteiger partial charge is 0.398 e. The normalized spacial score (nSPS) is 11.6. The van der Waals surface area contributed by atoms with E-state index in [1.165, 1.54) is 0 Å². The van der Waals surface area contributed by atoms with E-state index in [0.29, 0.717) is 29.1 Å². The highest BCUT2D eigenvalue weighted by atomic mass is 32.2. The first-order valence-corrected chi connectivity index (χ1v) is 7.76. The van der Waals surface area contributed by atoms with Crippen molar-refractivity contribution in [3.63, 3.8) is 0 Å². The topological polar surface area (TPSA) is 101 Å². The Morgan fingerprint density at radius 3 is 2.70 bits per heavy atom. The summed E-state index contributed by atoms with van der Waals surface area (Å²) in [4.78, 5) is 0.217. The van der Waals surface area contributed by atoms with E-state index in [9.17, 15) is 8.42 Å². The number of rotatable bonds is 4. The molecule has 0 amide bonds. The Bertz CT molecular complexity index is 735. The van der Waals surface area contributed by atoms with E-state index in [1.54, 1.807) is 32.2 Å². The van der Waals surface area contributed by atoms with Gasteiger partial charge in [0.1, 0.15) is 5.82 Å². The molecule has 0 aliphatic heterocycles. The summed E-state index contributed by atoms with van der Waals surface area (Å²) in [5, 5.41) is 6.52. The molecule has 0 radical (unpaired) electrons. The number of hydrogen-bond acceptors (Lipinski definition) is 4. The van der Waals surface area contributed by atoms with Gasteiger partial charge in [0, 0.05) is 11.3 Å². The van der Waals surface area contributed by atoms with Crippen molar-refractivity contribution < 1.29 is 8.42 Å². The van der Waals surface area contributed by atoms with E-state index in [4.69, 9.17) is 5.73 Å². The highest BCUT2D eigenvalue weighted by molar-refractivity contribution is 7.92. The van der Waals surface area contributed by atoms with E-state index >= 15 is 0 Å². The highest BCUT2D eigenvalue weighted by Gasteiger charge is 2.22. The molecule has 1 aromatic carbocycles. The summed E-state index contributed by atoms with van der Waals surface area (Å²) in [6.07, 6.45) is 2.29. The van der Waals surface area contributed by atoms with Crippen LogP contribution in [0.4, 0.5) is 11.5 Å². The van der Waals surface area contributed by atoms with Gasteiger partial charge in [0.2, 0.25) is 0 Å². The van der Waals surface area contributed by atoms with Gasteiger partial charge in [-0.05, 0) is 37.5 Å². The third-order valence-corrected chi connectivity index (χ3v) is 4.89. The van der Waals surface area contributed by atoms with E-state index in [1.807, 2.05) is 6.92 Å². The molecule has 0 aliphatic carbocycles. The molecule has 2 rings (SSSR count). The first kappa shape index (κ1) is 14.4. The SMILES string of the molecule is CCc1cn[nH]c1NS(=O)(=O)c1c(C)ccc(N)c1C. The van der Waals surface area contributed by atoms with Crippen LogP contribution in [0, 0.1) is 13.8 Å². The van der Waals surface area contributed by atoms with Gasteiger partial charge in [-0.2, -0.15) is 5.10 Å². The molecule has 0 saturated heterocycles. The molecule has 7 heteroatoms. The molecule has 1 heterocycles. The second kappa shape index (κ2) is 5.16. The maximum absolute atomic E-state index is 12.5. The Morgan fingerprint density at radius 1 is 1.35 bits per heavy atom. The van der Waals surface area contributed by atoms with Crippen LogP contribution >= 0.6 is 0 Å². The van der Waals surface area contributed by atoms with Crippen molar-refractivity contribution >= 4 is 21.5 Å². The average molecular weight is 294 g/mol. The minimum Gasteiger partial charge on any atom is -0.398 e. The van der Waals surface area contributed by atoms with Crippen LogP contribution in [0.5, 0.6) is 0 Å². The number of nitrogen functional groups attached to an aromatic ring is 1. The quantitative estimate of drug-likeness (QED) is 0.750. The maximum atomic E-state index is 12.5. The van der Waals surface area contributed by atoms with Crippen molar-refractivity contribution in [1.29, 1.82) is 0 Å². The zero-order valence-electron chi connectivity index (χ0n) is 11.7. The molecule has 6 nitrogen and oxygen atoms in total. The van der Waals surface area contributed by atoms with Gasteiger partial charge < -0.3 is 5.73 Å². The summed E-state index contributed by atoms with van der Waals surface area (Å²) in [5.74, 6) is 0.397. The highest BCUT2D eigenvalue weighted by Crippen LogP contribution is 2.27. The summed E-state index contributed by atoms with van der Waals surface area (Å²) >= 11 is 0.